The second-order valence-electron chi connectivity index (χ2n) is 5.37. The average Bonchev–Trinajstić information content (AvgIpc) is 2.46. The number of hydrogen-bond acceptors (Lipinski definition) is 4. The Bertz CT molecular complexity index is 493. The maximum Gasteiger partial charge on any atom is 0.262 e. The molecule has 0 bridgehead atoms. The highest BCUT2D eigenvalue weighted by Crippen LogP contribution is 2.30. The number of rotatable bonds is 7. The highest BCUT2D eigenvalue weighted by atomic mass is 32.2. The van der Waals surface area contributed by atoms with Crippen molar-refractivity contribution >= 4 is 23.4 Å². The summed E-state index contributed by atoms with van der Waals surface area (Å²) in [5.74, 6) is 3.02. The molecule has 21 heavy (non-hydrogen) atoms. The molecule has 2 rings (SSSR count). The third-order valence-corrected chi connectivity index (χ3v) is 4.50. The first-order valence-corrected chi connectivity index (χ1v) is 8.66. The molecule has 0 fully saturated rings. The maximum atomic E-state index is 11.4. The number of hydrogen-bond donors (Lipinski definition) is 2. The van der Waals surface area contributed by atoms with Crippen molar-refractivity contribution in [2.24, 2.45) is 0 Å². The molecule has 4 nitrogen and oxygen atoms in total. The minimum Gasteiger partial charge on any atom is -0.482 e. The van der Waals surface area contributed by atoms with Crippen LogP contribution in [0.1, 0.15) is 38.8 Å². The van der Waals surface area contributed by atoms with Crippen molar-refractivity contribution in [2.45, 2.75) is 39.3 Å². The zero-order valence-electron chi connectivity index (χ0n) is 12.9. The summed E-state index contributed by atoms with van der Waals surface area (Å²) < 4.78 is 5.38. The fraction of sp³-hybridized carbons (Fsp3) is 0.562. The van der Waals surface area contributed by atoms with Crippen molar-refractivity contribution in [1.82, 2.24) is 5.32 Å². The van der Waals surface area contributed by atoms with Crippen LogP contribution in [0.15, 0.2) is 18.2 Å². The Labute approximate surface area is 131 Å². The molecule has 0 saturated carbocycles. The van der Waals surface area contributed by atoms with E-state index in [-0.39, 0.29) is 18.6 Å². The van der Waals surface area contributed by atoms with Crippen molar-refractivity contribution in [3.63, 3.8) is 0 Å². The lowest BCUT2D eigenvalue weighted by atomic mass is 10.1. The minimum absolute atomic E-state index is 0.0924. The van der Waals surface area contributed by atoms with Crippen LogP contribution in [0.2, 0.25) is 0 Å². The number of thioether (sulfide) groups is 1. The van der Waals surface area contributed by atoms with Gasteiger partial charge in [0.05, 0.1) is 5.69 Å². The maximum absolute atomic E-state index is 11.4. The molecule has 1 aliphatic rings. The van der Waals surface area contributed by atoms with Gasteiger partial charge in [-0.2, -0.15) is 11.8 Å². The van der Waals surface area contributed by atoms with Crippen LogP contribution in [0, 0.1) is 0 Å². The zero-order valence-corrected chi connectivity index (χ0v) is 13.8. The van der Waals surface area contributed by atoms with Crippen molar-refractivity contribution in [1.29, 1.82) is 0 Å². The lowest BCUT2D eigenvalue weighted by molar-refractivity contribution is -0.118. The van der Waals surface area contributed by atoms with Crippen molar-refractivity contribution in [2.75, 3.05) is 23.4 Å². The predicted octanol–water partition coefficient (Wildman–Crippen LogP) is 3.20. The Morgan fingerprint density at radius 2 is 2.24 bits per heavy atom. The average molecular weight is 308 g/mol. The third-order valence-electron chi connectivity index (χ3n) is 3.57. The fourth-order valence-corrected chi connectivity index (χ4v) is 3.19. The molecule has 0 saturated heterocycles. The molecule has 1 aromatic rings. The summed E-state index contributed by atoms with van der Waals surface area (Å²) in [5.41, 5.74) is 1.93. The predicted molar refractivity (Wildman–Crippen MR) is 89.2 cm³/mol. The van der Waals surface area contributed by atoms with Crippen LogP contribution in [0.5, 0.6) is 5.75 Å². The van der Waals surface area contributed by atoms with E-state index in [4.69, 9.17) is 4.74 Å². The molecule has 2 atom stereocenters. The van der Waals surface area contributed by atoms with Gasteiger partial charge in [-0.3, -0.25) is 4.79 Å². The molecular weight excluding hydrogens is 284 g/mol. The largest absolute Gasteiger partial charge is 0.482 e. The van der Waals surface area contributed by atoms with Gasteiger partial charge in [-0.05, 0) is 49.5 Å². The summed E-state index contributed by atoms with van der Waals surface area (Å²) in [6.45, 7) is 6.66. The lowest BCUT2D eigenvalue weighted by Gasteiger charge is -2.23. The summed E-state index contributed by atoms with van der Waals surface area (Å²) in [6.07, 6.45) is 1.16. The summed E-state index contributed by atoms with van der Waals surface area (Å²) in [5, 5.41) is 6.46. The standard InChI is InChI=1S/C16H24N2O2S/c1-4-21-8-7-11(2)17-12(3)13-5-6-15-14(9-13)18-16(19)10-20-15/h5-6,9,11-12,17H,4,7-8,10H2,1-3H3,(H,18,19). The number of nitrogens with one attached hydrogen (secondary N) is 2. The second kappa shape index (κ2) is 7.71. The molecule has 0 radical (unpaired) electrons. The number of anilines is 1. The minimum atomic E-state index is -0.0924. The molecule has 2 N–H and O–H groups in total. The Kier molecular flexibility index (Phi) is 5.94. The molecule has 1 aromatic carbocycles. The summed E-state index contributed by atoms with van der Waals surface area (Å²) in [4.78, 5) is 11.4. The van der Waals surface area contributed by atoms with Gasteiger partial charge in [0.15, 0.2) is 6.61 Å². The number of benzene rings is 1. The smallest absolute Gasteiger partial charge is 0.262 e. The molecule has 1 heterocycles. The van der Waals surface area contributed by atoms with Gasteiger partial charge in [-0.15, -0.1) is 0 Å². The summed E-state index contributed by atoms with van der Waals surface area (Å²) in [7, 11) is 0. The Morgan fingerprint density at radius 3 is 3.00 bits per heavy atom. The Hall–Kier alpha value is -1.20. The molecule has 116 valence electrons. The molecular formula is C16H24N2O2S. The zero-order chi connectivity index (χ0) is 15.2. The first-order chi connectivity index (χ1) is 10.1. The number of fused-ring (bicyclic) bond motifs is 1. The highest BCUT2D eigenvalue weighted by molar-refractivity contribution is 7.99. The van der Waals surface area contributed by atoms with E-state index in [0.717, 1.165) is 23.4 Å². The van der Waals surface area contributed by atoms with Crippen LogP contribution in [0.4, 0.5) is 5.69 Å². The van der Waals surface area contributed by atoms with Gasteiger partial charge in [0.25, 0.3) is 5.91 Å². The molecule has 0 spiro atoms. The molecule has 2 unspecified atom stereocenters. The van der Waals surface area contributed by atoms with Crippen LogP contribution < -0.4 is 15.4 Å². The SMILES string of the molecule is CCSCCC(C)NC(C)c1ccc2c(c1)NC(=O)CO2. The van der Waals surface area contributed by atoms with Crippen molar-refractivity contribution in [3.05, 3.63) is 23.8 Å². The molecule has 0 aromatic heterocycles. The number of ether oxygens (including phenoxy) is 1. The van der Waals surface area contributed by atoms with E-state index >= 15 is 0 Å². The first kappa shape index (κ1) is 16.2. The van der Waals surface area contributed by atoms with Gasteiger partial charge in [0.1, 0.15) is 5.75 Å². The van der Waals surface area contributed by atoms with Gasteiger partial charge in [-0.1, -0.05) is 13.0 Å². The van der Waals surface area contributed by atoms with Crippen molar-refractivity contribution < 1.29 is 9.53 Å². The first-order valence-electron chi connectivity index (χ1n) is 7.50. The van der Waals surface area contributed by atoms with Gasteiger partial charge in [-0.25, -0.2) is 0 Å². The molecule has 0 aliphatic carbocycles. The van der Waals surface area contributed by atoms with Gasteiger partial charge in [0, 0.05) is 12.1 Å². The topological polar surface area (TPSA) is 50.4 Å². The van der Waals surface area contributed by atoms with E-state index in [1.807, 2.05) is 23.9 Å². The van der Waals surface area contributed by atoms with Gasteiger partial charge >= 0.3 is 0 Å². The number of amides is 1. The summed E-state index contributed by atoms with van der Waals surface area (Å²) >= 11 is 1.97. The monoisotopic (exact) mass is 308 g/mol. The van der Waals surface area contributed by atoms with Gasteiger partial charge in [0.2, 0.25) is 0 Å². The summed E-state index contributed by atoms with van der Waals surface area (Å²) in [6, 6.07) is 6.70. The highest BCUT2D eigenvalue weighted by Gasteiger charge is 2.18. The molecule has 1 aliphatic heterocycles. The fourth-order valence-electron chi connectivity index (χ4n) is 2.38. The Morgan fingerprint density at radius 1 is 1.43 bits per heavy atom. The Balaban J connectivity index is 1.94. The second-order valence-corrected chi connectivity index (χ2v) is 6.76. The number of carbonyl (C=O) groups excluding carboxylic acids is 1. The van der Waals surface area contributed by atoms with E-state index in [9.17, 15) is 4.79 Å². The van der Waals surface area contributed by atoms with Crippen LogP contribution in [0.3, 0.4) is 0 Å². The van der Waals surface area contributed by atoms with Crippen LogP contribution in [0.25, 0.3) is 0 Å². The van der Waals surface area contributed by atoms with Crippen molar-refractivity contribution in [3.8, 4) is 5.75 Å². The molecule has 5 heteroatoms. The van der Waals surface area contributed by atoms with E-state index < -0.39 is 0 Å². The molecule has 1 amide bonds. The van der Waals surface area contributed by atoms with E-state index in [1.165, 1.54) is 11.5 Å². The van der Waals surface area contributed by atoms with Crippen LogP contribution >= 0.6 is 11.8 Å². The quantitative estimate of drug-likeness (QED) is 0.760. The third kappa shape index (κ3) is 4.64. The normalized spacial score (nSPS) is 16.6. The van der Waals surface area contributed by atoms with E-state index in [1.54, 1.807) is 0 Å². The van der Waals surface area contributed by atoms with Gasteiger partial charge < -0.3 is 15.4 Å². The number of carbonyl (C=O) groups is 1. The van der Waals surface area contributed by atoms with Crippen LogP contribution in [-0.2, 0) is 4.79 Å². The van der Waals surface area contributed by atoms with E-state index in [2.05, 4.69) is 37.5 Å². The van der Waals surface area contributed by atoms with Crippen LogP contribution in [-0.4, -0.2) is 30.1 Å². The lowest BCUT2D eigenvalue weighted by Crippen LogP contribution is -2.30. The van der Waals surface area contributed by atoms with E-state index in [0.29, 0.717) is 6.04 Å².